The van der Waals surface area contributed by atoms with E-state index in [-0.39, 0.29) is 5.41 Å². The van der Waals surface area contributed by atoms with Crippen molar-refractivity contribution in [3.05, 3.63) is 35.0 Å². The van der Waals surface area contributed by atoms with E-state index in [0.29, 0.717) is 0 Å². The normalized spacial score (nSPS) is 16.1. The quantitative estimate of drug-likeness (QED) is 0.750. The predicted molar refractivity (Wildman–Crippen MR) is 86.9 cm³/mol. The third kappa shape index (κ3) is 2.49. The van der Waals surface area contributed by atoms with Gasteiger partial charge < -0.3 is 4.90 Å². The Labute approximate surface area is 125 Å². The maximum Gasteiger partial charge on any atom is 0.0722 e. The van der Waals surface area contributed by atoms with E-state index in [1.807, 2.05) is 6.07 Å². The van der Waals surface area contributed by atoms with Crippen LogP contribution in [0, 0.1) is 0 Å². The van der Waals surface area contributed by atoms with Gasteiger partial charge in [-0.25, -0.2) is 0 Å². The van der Waals surface area contributed by atoms with E-state index in [4.69, 9.17) is 16.6 Å². The molecule has 20 heavy (non-hydrogen) atoms. The third-order valence-electron chi connectivity index (χ3n) is 3.98. The maximum absolute atomic E-state index is 6.49. The molecule has 3 rings (SSSR count). The minimum absolute atomic E-state index is 0.0193. The van der Waals surface area contributed by atoms with Crippen LogP contribution in [0.3, 0.4) is 0 Å². The SMILES string of the molecule is CC(C)(C)c1cc(Cl)c2cc(N3CCCC3)ccc2n1. The fourth-order valence-corrected chi connectivity index (χ4v) is 2.98. The van der Waals surface area contributed by atoms with Crippen LogP contribution < -0.4 is 4.90 Å². The number of halogens is 1. The van der Waals surface area contributed by atoms with Gasteiger partial charge in [-0.3, -0.25) is 4.98 Å². The molecule has 1 aliphatic rings. The maximum atomic E-state index is 6.49. The third-order valence-corrected chi connectivity index (χ3v) is 4.29. The highest BCUT2D eigenvalue weighted by Gasteiger charge is 2.18. The molecular formula is C17H21ClN2. The zero-order valence-electron chi connectivity index (χ0n) is 12.4. The van der Waals surface area contributed by atoms with Crippen LogP contribution in [0.2, 0.25) is 5.02 Å². The molecule has 0 radical (unpaired) electrons. The fraction of sp³-hybridized carbons (Fsp3) is 0.471. The van der Waals surface area contributed by atoms with Gasteiger partial charge in [0.05, 0.1) is 10.5 Å². The molecule has 0 atom stereocenters. The van der Waals surface area contributed by atoms with Gasteiger partial charge in [-0.05, 0) is 37.1 Å². The number of fused-ring (bicyclic) bond motifs is 1. The number of hydrogen-bond donors (Lipinski definition) is 0. The van der Waals surface area contributed by atoms with Crippen molar-refractivity contribution in [2.75, 3.05) is 18.0 Å². The number of rotatable bonds is 1. The summed E-state index contributed by atoms with van der Waals surface area (Å²) in [6.07, 6.45) is 2.57. The van der Waals surface area contributed by atoms with Crippen LogP contribution in [-0.4, -0.2) is 18.1 Å². The zero-order valence-corrected chi connectivity index (χ0v) is 13.2. The number of benzene rings is 1. The molecule has 0 aliphatic carbocycles. The number of aromatic nitrogens is 1. The molecule has 0 spiro atoms. The van der Waals surface area contributed by atoms with Gasteiger partial charge in [-0.15, -0.1) is 0 Å². The molecule has 2 aromatic rings. The van der Waals surface area contributed by atoms with Crippen LogP contribution in [0.5, 0.6) is 0 Å². The molecule has 1 aliphatic heterocycles. The van der Waals surface area contributed by atoms with Crippen LogP contribution in [0.4, 0.5) is 5.69 Å². The molecule has 1 aromatic carbocycles. The summed E-state index contributed by atoms with van der Waals surface area (Å²) in [6, 6.07) is 8.47. The second-order valence-electron chi connectivity index (χ2n) is 6.63. The standard InChI is InChI=1S/C17H21ClN2/c1-17(2,3)16-11-14(18)13-10-12(6-7-15(13)19-16)20-8-4-5-9-20/h6-7,10-11H,4-5,8-9H2,1-3H3. The van der Waals surface area contributed by atoms with Crippen LogP contribution >= 0.6 is 11.6 Å². The van der Waals surface area contributed by atoms with Crippen molar-refractivity contribution in [1.29, 1.82) is 0 Å². The summed E-state index contributed by atoms with van der Waals surface area (Å²) in [4.78, 5) is 7.20. The largest absolute Gasteiger partial charge is 0.372 e. The highest BCUT2D eigenvalue weighted by Crippen LogP contribution is 2.32. The Bertz CT molecular complexity index is 637. The van der Waals surface area contributed by atoms with Gasteiger partial charge in [0, 0.05) is 35.3 Å². The molecule has 0 amide bonds. The molecule has 3 heteroatoms. The average molecular weight is 289 g/mol. The van der Waals surface area contributed by atoms with Crippen molar-refractivity contribution in [3.8, 4) is 0 Å². The minimum Gasteiger partial charge on any atom is -0.372 e. The summed E-state index contributed by atoms with van der Waals surface area (Å²) >= 11 is 6.49. The second-order valence-corrected chi connectivity index (χ2v) is 7.04. The predicted octanol–water partition coefficient (Wildman–Crippen LogP) is 4.79. The fourth-order valence-electron chi connectivity index (χ4n) is 2.73. The molecule has 0 bridgehead atoms. The summed E-state index contributed by atoms with van der Waals surface area (Å²) in [5, 5.41) is 1.87. The molecule has 2 heterocycles. The lowest BCUT2D eigenvalue weighted by atomic mass is 9.91. The molecule has 1 aromatic heterocycles. The number of nitrogens with zero attached hydrogens (tertiary/aromatic N) is 2. The van der Waals surface area contributed by atoms with E-state index >= 15 is 0 Å². The van der Waals surface area contributed by atoms with E-state index in [1.165, 1.54) is 18.5 Å². The van der Waals surface area contributed by atoms with Crippen LogP contribution in [-0.2, 0) is 5.41 Å². The topological polar surface area (TPSA) is 16.1 Å². The summed E-state index contributed by atoms with van der Waals surface area (Å²) < 4.78 is 0. The van der Waals surface area contributed by atoms with E-state index in [2.05, 4.69) is 43.9 Å². The Morgan fingerprint density at radius 2 is 1.80 bits per heavy atom. The monoisotopic (exact) mass is 288 g/mol. The van der Waals surface area contributed by atoms with Gasteiger partial charge in [0.15, 0.2) is 0 Å². The number of anilines is 1. The Kier molecular flexibility index (Phi) is 3.37. The molecule has 0 N–H and O–H groups in total. The van der Waals surface area contributed by atoms with E-state index < -0.39 is 0 Å². The first kappa shape index (κ1) is 13.7. The van der Waals surface area contributed by atoms with E-state index in [9.17, 15) is 0 Å². The summed E-state index contributed by atoms with van der Waals surface area (Å²) in [5.74, 6) is 0. The van der Waals surface area contributed by atoms with Crippen molar-refractivity contribution in [3.63, 3.8) is 0 Å². The van der Waals surface area contributed by atoms with Crippen molar-refractivity contribution in [2.45, 2.75) is 39.0 Å². The molecule has 106 valence electrons. The van der Waals surface area contributed by atoms with Crippen molar-refractivity contribution >= 4 is 28.2 Å². The Hall–Kier alpha value is -1.28. The van der Waals surface area contributed by atoms with Crippen LogP contribution in [0.25, 0.3) is 10.9 Å². The minimum atomic E-state index is 0.0193. The second kappa shape index (κ2) is 4.92. The highest BCUT2D eigenvalue weighted by atomic mass is 35.5. The number of hydrogen-bond acceptors (Lipinski definition) is 2. The van der Waals surface area contributed by atoms with Crippen LogP contribution in [0.1, 0.15) is 39.3 Å². The van der Waals surface area contributed by atoms with Crippen molar-refractivity contribution in [2.24, 2.45) is 0 Å². The first-order valence-corrected chi connectivity index (χ1v) is 7.69. The lowest BCUT2D eigenvalue weighted by Gasteiger charge is -2.21. The summed E-state index contributed by atoms with van der Waals surface area (Å²) in [6.45, 7) is 8.79. The lowest BCUT2D eigenvalue weighted by Crippen LogP contribution is -2.17. The van der Waals surface area contributed by atoms with E-state index in [1.54, 1.807) is 0 Å². The lowest BCUT2D eigenvalue weighted by molar-refractivity contribution is 0.571. The summed E-state index contributed by atoms with van der Waals surface area (Å²) in [5.41, 5.74) is 3.32. The van der Waals surface area contributed by atoms with Gasteiger partial charge in [-0.2, -0.15) is 0 Å². The van der Waals surface area contributed by atoms with Crippen molar-refractivity contribution in [1.82, 2.24) is 4.98 Å². The molecule has 0 unspecified atom stereocenters. The highest BCUT2D eigenvalue weighted by molar-refractivity contribution is 6.35. The molecule has 1 saturated heterocycles. The molecular weight excluding hydrogens is 268 g/mol. The summed E-state index contributed by atoms with van der Waals surface area (Å²) in [7, 11) is 0. The Morgan fingerprint density at radius 1 is 1.10 bits per heavy atom. The van der Waals surface area contributed by atoms with Gasteiger partial charge in [-0.1, -0.05) is 32.4 Å². The van der Waals surface area contributed by atoms with Crippen LogP contribution in [0.15, 0.2) is 24.3 Å². The van der Waals surface area contributed by atoms with Gasteiger partial charge in [0.1, 0.15) is 0 Å². The van der Waals surface area contributed by atoms with Gasteiger partial charge in [0.25, 0.3) is 0 Å². The Balaban J connectivity index is 2.09. The Morgan fingerprint density at radius 3 is 2.45 bits per heavy atom. The van der Waals surface area contributed by atoms with Gasteiger partial charge in [0.2, 0.25) is 0 Å². The smallest absolute Gasteiger partial charge is 0.0722 e. The number of pyridine rings is 1. The first-order valence-electron chi connectivity index (χ1n) is 7.31. The zero-order chi connectivity index (χ0) is 14.3. The van der Waals surface area contributed by atoms with Crippen molar-refractivity contribution < 1.29 is 0 Å². The molecule has 1 fully saturated rings. The molecule has 2 nitrogen and oxygen atoms in total. The first-order chi connectivity index (χ1) is 9.45. The molecule has 0 saturated carbocycles. The van der Waals surface area contributed by atoms with Gasteiger partial charge >= 0.3 is 0 Å². The van der Waals surface area contributed by atoms with E-state index in [0.717, 1.165) is 34.7 Å². The average Bonchev–Trinajstić information content (AvgIpc) is 2.91.